The molecule has 0 radical (unpaired) electrons. The Morgan fingerprint density at radius 2 is 2.23 bits per heavy atom. The van der Waals surface area contributed by atoms with Gasteiger partial charge in [0, 0.05) is 30.8 Å². The van der Waals surface area contributed by atoms with Gasteiger partial charge in [-0.3, -0.25) is 9.78 Å². The molecule has 0 unspecified atom stereocenters. The highest BCUT2D eigenvalue weighted by Crippen LogP contribution is 2.24. The lowest BCUT2D eigenvalue weighted by Crippen LogP contribution is -2.27. The molecule has 0 aromatic carbocycles. The first-order valence-electron chi connectivity index (χ1n) is 7.67. The maximum atomic E-state index is 12.1. The Morgan fingerprint density at radius 1 is 1.36 bits per heavy atom. The van der Waals surface area contributed by atoms with Crippen LogP contribution in [0, 0.1) is 0 Å². The van der Waals surface area contributed by atoms with Gasteiger partial charge in [-0.15, -0.1) is 0 Å². The Labute approximate surface area is 129 Å². The van der Waals surface area contributed by atoms with E-state index in [4.69, 9.17) is 4.42 Å². The van der Waals surface area contributed by atoms with Crippen LogP contribution < -0.4 is 10.6 Å². The first kappa shape index (κ1) is 14.7. The van der Waals surface area contributed by atoms with Gasteiger partial charge in [0.15, 0.2) is 11.6 Å². The largest absolute Gasteiger partial charge is 0.448 e. The molecule has 0 bridgehead atoms. The van der Waals surface area contributed by atoms with Crippen molar-refractivity contribution in [3.05, 3.63) is 47.9 Å². The average Bonchev–Trinajstić information content (AvgIpc) is 3.07. The van der Waals surface area contributed by atoms with E-state index in [-0.39, 0.29) is 5.91 Å². The zero-order chi connectivity index (χ0) is 15.2. The second-order valence-electron chi connectivity index (χ2n) is 5.42. The maximum Gasteiger partial charge on any atom is 0.273 e. The molecular weight excluding hydrogens is 280 g/mol. The Kier molecular flexibility index (Phi) is 4.80. The van der Waals surface area contributed by atoms with E-state index in [0.717, 1.165) is 31.6 Å². The Morgan fingerprint density at radius 3 is 3.00 bits per heavy atom. The molecule has 1 fully saturated rings. The van der Waals surface area contributed by atoms with Crippen molar-refractivity contribution < 1.29 is 9.21 Å². The lowest BCUT2D eigenvalue weighted by Gasteiger charge is -2.19. The van der Waals surface area contributed by atoms with Crippen LogP contribution in [0.1, 0.15) is 40.8 Å². The molecule has 0 aliphatic carbocycles. The number of amides is 1. The summed E-state index contributed by atoms with van der Waals surface area (Å²) in [6.07, 6.45) is 5.90. The molecule has 3 rings (SSSR count). The molecule has 1 amide bonds. The zero-order valence-corrected chi connectivity index (χ0v) is 12.4. The number of carbonyl (C=O) groups excluding carboxylic acids is 1. The number of pyridine rings is 1. The zero-order valence-electron chi connectivity index (χ0n) is 12.4. The minimum Gasteiger partial charge on any atom is -0.448 e. The van der Waals surface area contributed by atoms with Crippen molar-refractivity contribution in [1.82, 2.24) is 20.6 Å². The lowest BCUT2D eigenvalue weighted by molar-refractivity contribution is 0.0949. The standard InChI is InChI=1S/C16H20N4O2/c21-15(19-10-6-13-3-1-2-7-18-13)14-11-22-16(20-14)12-4-8-17-9-5-12/h1-3,7,11-12,17H,4-6,8-10H2,(H,19,21). The minimum absolute atomic E-state index is 0.195. The third-order valence-corrected chi connectivity index (χ3v) is 3.84. The average molecular weight is 300 g/mol. The van der Waals surface area contributed by atoms with Crippen molar-refractivity contribution in [3.63, 3.8) is 0 Å². The maximum absolute atomic E-state index is 12.1. The molecule has 3 heterocycles. The summed E-state index contributed by atoms with van der Waals surface area (Å²) < 4.78 is 5.48. The number of hydrogen-bond donors (Lipinski definition) is 2. The SMILES string of the molecule is O=C(NCCc1ccccn1)c1coc(C2CCNCC2)n1. The number of piperidine rings is 1. The number of hydrogen-bond acceptors (Lipinski definition) is 5. The molecule has 1 aliphatic rings. The van der Waals surface area contributed by atoms with Crippen LogP contribution in [0.3, 0.4) is 0 Å². The van der Waals surface area contributed by atoms with Crippen molar-refractivity contribution in [1.29, 1.82) is 0 Å². The van der Waals surface area contributed by atoms with Gasteiger partial charge in [0.25, 0.3) is 5.91 Å². The monoisotopic (exact) mass is 300 g/mol. The van der Waals surface area contributed by atoms with Gasteiger partial charge in [0.2, 0.25) is 0 Å². The van der Waals surface area contributed by atoms with E-state index in [2.05, 4.69) is 20.6 Å². The molecule has 116 valence electrons. The van der Waals surface area contributed by atoms with Gasteiger partial charge in [0.05, 0.1) is 0 Å². The molecular formula is C16H20N4O2. The summed E-state index contributed by atoms with van der Waals surface area (Å²) in [6, 6.07) is 5.75. The Bertz CT molecular complexity index is 606. The molecule has 6 heteroatoms. The second kappa shape index (κ2) is 7.17. The second-order valence-corrected chi connectivity index (χ2v) is 5.42. The third-order valence-electron chi connectivity index (χ3n) is 3.84. The molecule has 22 heavy (non-hydrogen) atoms. The van der Waals surface area contributed by atoms with Crippen molar-refractivity contribution in [2.75, 3.05) is 19.6 Å². The fourth-order valence-corrected chi connectivity index (χ4v) is 2.59. The number of rotatable bonds is 5. The number of nitrogens with zero attached hydrogens (tertiary/aromatic N) is 2. The Hall–Kier alpha value is -2.21. The van der Waals surface area contributed by atoms with Crippen LogP contribution >= 0.6 is 0 Å². The van der Waals surface area contributed by atoms with Crippen LogP contribution in [0.4, 0.5) is 0 Å². The summed E-state index contributed by atoms with van der Waals surface area (Å²) in [5.74, 6) is 0.799. The predicted octanol–water partition coefficient (Wildman–Crippen LogP) is 1.51. The highest BCUT2D eigenvalue weighted by atomic mass is 16.3. The van der Waals surface area contributed by atoms with Gasteiger partial charge >= 0.3 is 0 Å². The van der Waals surface area contributed by atoms with Crippen molar-refractivity contribution in [3.8, 4) is 0 Å². The first-order chi connectivity index (χ1) is 10.8. The van der Waals surface area contributed by atoms with Crippen LogP contribution in [0.5, 0.6) is 0 Å². The van der Waals surface area contributed by atoms with Crippen LogP contribution in [0.25, 0.3) is 0 Å². The third kappa shape index (κ3) is 3.71. The molecule has 2 N–H and O–H groups in total. The van der Waals surface area contributed by atoms with Gasteiger partial charge < -0.3 is 15.1 Å². The number of aromatic nitrogens is 2. The lowest BCUT2D eigenvalue weighted by atomic mass is 9.98. The summed E-state index contributed by atoms with van der Waals surface area (Å²) >= 11 is 0. The molecule has 0 atom stereocenters. The van der Waals surface area contributed by atoms with E-state index in [1.54, 1.807) is 6.20 Å². The van der Waals surface area contributed by atoms with E-state index in [0.29, 0.717) is 30.5 Å². The van der Waals surface area contributed by atoms with Crippen molar-refractivity contribution >= 4 is 5.91 Å². The fourth-order valence-electron chi connectivity index (χ4n) is 2.59. The summed E-state index contributed by atoms with van der Waals surface area (Å²) in [6.45, 7) is 2.47. The van der Waals surface area contributed by atoms with Gasteiger partial charge in [0.1, 0.15) is 6.26 Å². The topological polar surface area (TPSA) is 80.0 Å². The summed E-state index contributed by atoms with van der Waals surface area (Å²) in [5, 5.41) is 6.15. The van der Waals surface area contributed by atoms with E-state index in [9.17, 15) is 4.79 Å². The smallest absolute Gasteiger partial charge is 0.273 e. The summed E-state index contributed by atoms with van der Waals surface area (Å²) in [5.41, 5.74) is 1.31. The quantitative estimate of drug-likeness (QED) is 0.875. The van der Waals surface area contributed by atoms with Gasteiger partial charge in [-0.1, -0.05) is 6.07 Å². The van der Waals surface area contributed by atoms with Crippen LogP contribution in [-0.4, -0.2) is 35.5 Å². The van der Waals surface area contributed by atoms with E-state index in [1.165, 1.54) is 6.26 Å². The first-order valence-corrected chi connectivity index (χ1v) is 7.67. The number of carbonyl (C=O) groups is 1. The summed E-state index contributed by atoms with van der Waals surface area (Å²) in [7, 11) is 0. The van der Waals surface area contributed by atoms with Gasteiger partial charge in [-0.05, 0) is 38.1 Å². The van der Waals surface area contributed by atoms with Crippen LogP contribution in [0.15, 0.2) is 35.1 Å². The molecule has 6 nitrogen and oxygen atoms in total. The summed E-state index contributed by atoms with van der Waals surface area (Å²) in [4.78, 5) is 20.6. The van der Waals surface area contributed by atoms with Gasteiger partial charge in [-0.2, -0.15) is 0 Å². The highest BCUT2D eigenvalue weighted by molar-refractivity contribution is 5.91. The highest BCUT2D eigenvalue weighted by Gasteiger charge is 2.21. The van der Waals surface area contributed by atoms with E-state index < -0.39 is 0 Å². The molecule has 1 saturated heterocycles. The molecule has 2 aromatic heterocycles. The van der Waals surface area contributed by atoms with Crippen molar-refractivity contribution in [2.45, 2.75) is 25.2 Å². The molecule has 0 spiro atoms. The minimum atomic E-state index is -0.195. The molecule has 2 aromatic rings. The van der Waals surface area contributed by atoms with Crippen molar-refractivity contribution in [2.24, 2.45) is 0 Å². The Balaban J connectivity index is 1.51. The van der Waals surface area contributed by atoms with Crippen LogP contribution in [-0.2, 0) is 6.42 Å². The molecule has 1 aliphatic heterocycles. The molecule has 0 saturated carbocycles. The van der Waals surface area contributed by atoms with E-state index in [1.807, 2.05) is 18.2 Å². The van der Waals surface area contributed by atoms with Gasteiger partial charge in [-0.25, -0.2) is 4.98 Å². The van der Waals surface area contributed by atoms with E-state index >= 15 is 0 Å². The predicted molar refractivity (Wildman–Crippen MR) is 81.6 cm³/mol. The van der Waals surface area contributed by atoms with Crippen LogP contribution in [0.2, 0.25) is 0 Å². The number of oxazole rings is 1. The number of nitrogens with one attached hydrogen (secondary N) is 2. The normalized spacial score (nSPS) is 15.6. The fraction of sp³-hybridized carbons (Fsp3) is 0.438.